The number of thiophene rings is 1. The molecule has 3 rings (SSSR count). The van der Waals surface area contributed by atoms with E-state index < -0.39 is 0 Å². The van der Waals surface area contributed by atoms with Gasteiger partial charge in [-0.2, -0.15) is 0 Å². The predicted molar refractivity (Wildman–Crippen MR) is 90.4 cm³/mol. The molecule has 0 unspecified atom stereocenters. The van der Waals surface area contributed by atoms with Crippen LogP contribution < -0.4 is 10.2 Å². The molecule has 0 bridgehead atoms. The molecule has 21 heavy (non-hydrogen) atoms. The molecule has 1 aliphatic carbocycles. The number of hydrogen-bond donors (Lipinski definition) is 1. The topological polar surface area (TPSA) is 15.3 Å². The molecule has 1 saturated carbocycles. The summed E-state index contributed by atoms with van der Waals surface area (Å²) in [6, 6.07) is 8.01. The monoisotopic (exact) mass is 368 g/mol. The molecule has 0 spiro atoms. The average molecular weight is 369 g/mol. The van der Waals surface area contributed by atoms with Gasteiger partial charge in [-0.25, -0.2) is 4.39 Å². The largest absolute Gasteiger partial charge is 0.370 e. The van der Waals surface area contributed by atoms with Crippen molar-refractivity contribution in [2.24, 2.45) is 0 Å². The number of nitrogens with zero attached hydrogens (tertiary/aromatic N) is 1. The Bertz CT molecular complexity index is 624. The van der Waals surface area contributed by atoms with Gasteiger partial charge in [-0.1, -0.05) is 6.07 Å². The standard InChI is InChI=1S/C16H18BrFN2S/c1-20(9-11-7-16(17)21-10-11)15-4-2-3-14(18)13(15)8-19-12-5-6-12/h2-4,7,10,12,19H,5-6,8-9H2,1H3. The van der Waals surface area contributed by atoms with E-state index in [1.165, 1.54) is 18.4 Å². The van der Waals surface area contributed by atoms with Crippen LogP contribution in [0.4, 0.5) is 10.1 Å². The van der Waals surface area contributed by atoms with E-state index in [2.05, 4.69) is 37.6 Å². The van der Waals surface area contributed by atoms with E-state index in [-0.39, 0.29) is 5.82 Å². The third-order valence-corrected chi connectivity index (χ3v) is 5.25. The van der Waals surface area contributed by atoms with Gasteiger partial charge in [-0.3, -0.25) is 0 Å². The molecule has 1 heterocycles. The van der Waals surface area contributed by atoms with Crippen LogP contribution >= 0.6 is 27.3 Å². The lowest BCUT2D eigenvalue weighted by atomic mass is 10.1. The van der Waals surface area contributed by atoms with Crippen molar-refractivity contribution in [2.75, 3.05) is 11.9 Å². The first-order chi connectivity index (χ1) is 10.1. The van der Waals surface area contributed by atoms with Gasteiger partial charge >= 0.3 is 0 Å². The molecule has 1 N–H and O–H groups in total. The summed E-state index contributed by atoms with van der Waals surface area (Å²) < 4.78 is 15.3. The fourth-order valence-electron chi connectivity index (χ4n) is 2.40. The molecule has 0 aliphatic heterocycles. The maximum Gasteiger partial charge on any atom is 0.129 e. The van der Waals surface area contributed by atoms with Gasteiger partial charge in [0, 0.05) is 37.4 Å². The van der Waals surface area contributed by atoms with Crippen LogP contribution in [0.5, 0.6) is 0 Å². The van der Waals surface area contributed by atoms with Crippen LogP contribution in [0.3, 0.4) is 0 Å². The highest BCUT2D eigenvalue weighted by molar-refractivity contribution is 9.11. The number of anilines is 1. The summed E-state index contributed by atoms with van der Waals surface area (Å²) in [4.78, 5) is 2.11. The van der Waals surface area contributed by atoms with Crippen LogP contribution in [-0.2, 0) is 13.1 Å². The first kappa shape index (κ1) is 15.0. The minimum atomic E-state index is -0.126. The fourth-order valence-corrected chi connectivity index (χ4v) is 3.60. The van der Waals surface area contributed by atoms with Crippen LogP contribution in [0.15, 0.2) is 33.4 Å². The number of rotatable bonds is 6. The molecule has 0 atom stereocenters. The van der Waals surface area contributed by atoms with Gasteiger partial charge < -0.3 is 10.2 Å². The van der Waals surface area contributed by atoms with E-state index in [4.69, 9.17) is 0 Å². The minimum Gasteiger partial charge on any atom is -0.370 e. The summed E-state index contributed by atoms with van der Waals surface area (Å²) >= 11 is 5.16. The van der Waals surface area contributed by atoms with Gasteiger partial charge in [0.15, 0.2) is 0 Å². The second-order valence-corrected chi connectivity index (χ2v) is 7.80. The van der Waals surface area contributed by atoms with Crippen LogP contribution in [-0.4, -0.2) is 13.1 Å². The smallest absolute Gasteiger partial charge is 0.129 e. The lowest BCUT2D eigenvalue weighted by Crippen LogP contribution is -2.22. The highest BCUT2D eigenvalue weighted by Gasteiger charge is 2.22. The quantitative estimate of drug-likeness (QED) is 0.804. The third-order valence-electron chi connectivity index (χ3n) is 3.69. The predicted octanol–water partition coefficient (Wildman–Crippen LogP) is 4.54. The normalized spacial score (nSPS) is 14.4. The van der Waals surface area contributed by atoms with E-state index >= 15 is 0 Å². The molecular formula is C16H18BrFN2S. The van der Waals surface area contributed by atoms with E-state index in [1.54, 1.807) is 23.5 Å². The van der Waals surface area contributed by atoms with Gasteiger partial charge in [0.1, 0.15) is 5.82 Å². The first-order valence-electron chi connectivity index (χ1n) is 7.08. The van der Waals surface area contributed by atoms with Crippen molar-refractivity contribution in [2.45, 2.75) is 32.0 Å². The second kappa shape index (κ2) is 6.46. The maximum absolute atomic E-state index is 14.2. The molecular weight excluding hydrogens is 351 g/mol. The lowest BCUT2D eigenvalue weighted by Gasteiger charge is -2.22. The SMILES string of the molecule is CN(Cc1csc(Br)c1)c1cccc(F)c1CNC1CC1. The zero-order chi connectivity index (χ0) is 14.8. The van der Waals surface area contributed by atoms with E-state index in [0.717, 1.165) is 21.6 Å². The molecule has 112 valence electrons. The van der Waals surface area contributed by atoms with Crippen LogP contribution in [0.2, 0.25) is 0 Å². The van der Waals surface area contributed by atoms with Crippen molar-refractivity contribution >= 4 is 33.0 Å². The van der Waals surface area contributed by atoms with Crippen LogP contribution in [0.1, 0.15) is 24.0 Å². The Balaban J connectivity index is 1.77. The van der Waals surface area contributed by atoms with Gasteiger partial charge in [0.2, 0.25) is 0 Å². The van der Waals surface area contributed by atoms with Gasteiger partial charge in [0.05, 0.1) is 3.79 Å². The average Bonchev–Trinajstić information content (AvgIpc) is 3.19. The number of nitrogens with one attached hydrogen (secondary N) is 1. The zero-order valence-electron chi connectivity index (χ0n) is 11.9. The maximum atomic E-state index is 14.2. The molecule has 1 aromatic heterocycles. The third kappa shape index (κ3) is 3.84. The summed E-state index contributed by atoms with van der Waals surface area (Å²) in [5, 5.41) is 5.53. The van der Waals surface area contributed by atoms with E-state index in [0.29, 0.717) is 12.6 Å². The number of hydrogen-bond acceptors (Lipinski definition) is 3. The van der Waals surface area contributed by atoms with Crippen molar-refractivity contribution in [3.8, 4) is 0 Å². The number of benzene rings is 1. The Labute approximate surface area is 137 Å². The Morgan fingerprint density at radius 1 is 1.43 bits per heavy atom. The Hall–Kier alpha value is -0.910. The van der Waals surface area contributed by atoms with Crippen molar-refractivity contribution in [3.05, 3.63) is 50.4 Å². The first-order valence-corrected chi connectivity index (χ1v) is 8.75. The van der Waals surface area contributed by atoms with Crippen molar-refractivity contribution in [1.29, 1.82) is 0 Å². The molecule has 5 heteroatoms. The van der Waals surface area contributed by atoms with Crippen LogP contribution in [0.25, 0.3) is 0 Å². The molecule has 2 aromatic rings. The van der Waals surface area contributed by atoms with Crippen molar-refractivity contribution in [1.82, 2.24) is 5.32 Å². The summed E-state index contributed by atoms with van der Waals surface area (Å²) in [6.07, 6.45) is 2.42. The van der Waals surface area contributed by atoms with Gasteiger partial charge in [-0.15, -0.1) is 11.3 Å². The summed E-state index contributed by atoms with van der Waals surface area (Å²) in [7, 11) is 2.01. The minimum absolute atomic E-state index is 0.126. The molecule has 0 radical (unpaired) electrons. The molecule has 0 saturated heterocycles. The van der Waals surface area contributed by atoms with Gasteiger partial charge in [-0.05, 0) is 57.9 Å². The molecule has 1 aliphatic rings. The second-order valence-electron chi connectivity index (χ2n) is 5.51. The highest BCUT2D eigenvalue weighted by atomic mass is 79.9. The molecule has 2 nitrogen and oxygen atoms in total. The Kier molecular flexibility index (Phi) is 4.62. The Morgan fingerprint density at radius 3 is 2.90 bits per heavy atom. The molecule has 1 aromatic carbocycles. The van der Waals surface area contributed by atoms with Crippen LogP contribution in [0, 0.1) is 5.82 Å². The number of halogens is 2. The summed E-state index contributed by atoms with van der Waals surface area (Å²) in [6.45, 7) is 1.38. The fraction of sp³-hybridized carbons (Fsp3) is 0.375. The van der Waals surface area contributed by atoms with Gasteiger partial charge in [0.25, 0.3) is 0 Å². The highest BCUT2D eigenvalue weighted by Crippen LogP contribution is 2.27. The van der Waals surface area contributed by atoms with Crippen molar-refractivity contribution in [3.63, 3.8) is 0 Å². The molecule has 0 amide bonds. The summed E-state index contributed by atoms with van der Waals surface area (Å²) in [5.41, 5.74) is 2.96. The van der Waals surface area contributed by atoms with E-state index in [1.807, 2.05) is 13.1 Å². The lowest BCUT2D eigenvalue weighted by molar-refractivity contribution is 0.586. The Morgan fingerprint density at radius 2 is 2.24 bits per heavy atom. The van der Waals surface area contributed by atoms with E-state index in [9.17, 15) is 4.39 Å². The van der Waals surface area contributed by atoms with Crippen molar-refractivity contribution < 1.29 is 4.39 Å². The summed E-state index contributed by atoms with van der Waals surface area (Å²) in [5.74, 6) is -0.126. The zero-order valence-corrected chi connectivity index (χ0v) is 14.3. The molecule has 1 fully saturated rings.